The van der Waals surface area contributed by atoms with Gasteiger partial charge in [-0.3, -0.25) is 19.4 Å². The van der Waals surface area contributed by atoms with Gasteiger partial charge >= 0.3 is 0 Å². The summed E-state index contributed by atoms with van der Waals surface area (Å²) in [6, 6.07) is 8.40. The lowest BCUT2D eigenvalue weighted by Crippen LogP contribution is -2.53. The van der Waals surface area contributed by atoms with Gasteiger partial charge in [0.2, 0.25) is 15.9 Å². The normalized spacial score (nSPS) is 20.8. The van der Waals surface area contributed by atoms with Crippen molar-refractivity contribution in [2.24, 2.45) is 5.92 Å². The fourth-order valence-corrected chi connectivity index (χ4v) is 7.13. The zero-order chi connectivity index (χ0) is 28.5. The third kappa shape index (κ3) is 6.38. The molecule has 1 aromatic carbocycles. The molecule has 0 spiro atoms. The molecule has 210 valence electrons. The molecule has 3 atom stereocenters. The molecule has 9 nitrogen and oxygen atoms in total. The molecule has 2 aromatic rings. The maximum absolute atomic E-state index is 13.8. The molecular formula is C29H38N4O5S. The fraction of sp³-hybridized carbons (Fsp3) is 0.517. The molecule has 4 rings (SSSR count). The SMILES string of the molecule is CC(C)CC(NC(=O)c1ccc(C(C)(C)C)cc1)C(=O)N1CCC2C1C(=O)CN2S(=O)(=O)Cc1cccnc1. The zero-order valence-electron chi connectivity index (χ0n) is 23.3. The van der Waals surface area contributed by atoms with Gasteiger partial charge in [-0.05, 0) is 53.5 Å². The molecule has 39 heavy (non-hydrogen) atoms. The molecule has 0 radical (unpaired) electrons. The molecule has 0 bridgehead atoms. The van der Waals surface area contributed by atoms with Crippen LogP contribution in [0.3, 0.4) is 0 Å². The summed E-state index contributed by atoms with van der Waals surface area (Å²) in [6.45, 7) is 10.2. The van der Waals surface area contributed by atoms with E-state index in [4.69, 9.17) is 0 Å². The summed E-state index contributed by atoms with van der Waals surface area (Å²) in [6.07, 6.45) is 3.83. The summed E-state index contributed by atoms with van der Waals surface area (Å²) in [5.41, 5.74) is 2.03. The van der Waals surface area contributed by atoms with Crippen molar-refractivity contribution in [1.82, 2.24) is 19.5 Å². The van der Waals surface area contributed by atoms with Crippen LogP contribution in [0.5, 0.6) is 0 Å². The van der Waals surface area contributed by atoms with Crippen LogP contribution in [0.2, 0.25) is 0 Å². The molecule has 2 saturated heterocycles. The van der Waals surface area contributed by atoms with E-state index in [2.05, 4.69) is 31.1 Å². The highest BCUT2D eigenvalue weighted by molar-refractivity contribution is 7.88. The highest BCUT2D eigenvalue weighted by Gasteiger charge is 2.54. The van der Waals surface area contributed by atoms with Crippen LogP contribution in [0.1, 0.15) is 68.9 Å². The Balaban J connectivity index is 1.50. The Morgan fingerprint density at radius 3 is 2.41 bits per heavy atom. The number of ketones is 1. The van der Waals surface area contributed by atoms with Crippen LogP contribution in [-0.2, 0) is 30.8 Å². The van der Waals surface area contributed by atoms with Gasteiger partial charge in [-0.1, -0.05) is 52.8 Å². The van der Waals surface area contributed by atoms with Gasteiger partial charge in [0.1, 0.15) is 12.1 Å². The Morgan fingerprint density at radius 2 is 1.82 bits per heavy atom. The first-order valence-corrected chi connectivity index (χ1v) is 15.0. The first-order chi connectivity index (χ1) is 18.3. The molecule has 1 aromatic heterocycles. The lowest BCUT2D eigenvalue weighted by Gasteiger charge is -2.29. The maximum atomic E-state index is 13.8. The van der Waals surface area contributed by atoms with Gasteiger partial charge in [-0.25, -0.2) is 8.42 Å². The van der Waals surface area contributed by atoms with E-state index < -0.39 is 28.1 Å². The summed E-state index contributed by atoms with van der Waals surface area (Å²) in [4.78, 5) is 45.4. The van der Waals surface area contributed by atoms with E-state index in [1.54, 1.807) is 30.5 Å². The maximum Gasteiger partial charge on any atom is 0.251 e. The van der Waals surface area contributed by atoms with E-state index in [1.807, 2.05) is 26.0 Å². The lowest BCUT2D eigenvalue weighted by atomic mass is 9.86. The van der Waals surface area contributed by atoms with Crippen LogP contribution in [0.4, 0.5) is 0 Å². The monoisotopic (exact) mass is 554 g/mol. The number of nitrogens with one attached hydrogen (secondary N) is 1. The number of fused-ring (bicyclic) bond motifs is 1. The van der Waals surface area contributed by atoms with Crippen molar-refractivity contribution in [3.63, 3.8) is 0 Å². The Bertz CT molecular complexity index is 1320. The average molecular weight is 555 g/mol. The van der Waals surface area contributed by atoms with Gasteiger partial charge in [-0.15, -0.1) is 0 Å². The molecule has 3 heterocycles. The highest BCUT2D eigenvalue weighted by atomic mass is 32.2. The molecule has 2 amide bonds. The molecule has 1 N–H and O–H groups in total. The third-order valence-corrected chi connectivity index (χ3v) is 9.23. The summed E-state index contributed by atoms with van der Waals surface area (Å²) in [7, 11) is -3.79. The number of hydrogen-bond donors (Lipinski definition) is 1. The van der Waals surface area contributed by atoms with E-state index >= 15 is 0 Å². The van der Waals surface area contributed by atoms with Crippen LogP contribution in [0.15, 0.2) is 48.8 Å². The first kappa shape index (κ1) is 28.9. The van der Waals surface area contributed by atoms with E-state index in [0.29, 0.717) is 24.0 Å². The van der Waals surface area contributed by atoms with E-state index in [0.717, 1.165) is 5.56 Å². The minimum absolute atomic E-state index is 0.0510. The summed E-state index contributed by atoms with van der Waals surface area (Å²) in [5.74, 6) is -1.16. The van der Waals surface area contributed by atoms with E-state index in [-0.39, 0.29) is 47.8 Å². The number of Topliss-reactive ketones (excluding diaryl/α,β-unsaturated/α-hetero) is 1. The minimum atomic E-state index is -3.79. The van der Waals surface area contributed by atoms with Crippen LogP contribution in [0.25, 0.3) is 0 Å². The van der Waals surface area contributed by atoms with Crippen LogP contribution < -0.4 is 5.32 Å². The topological polar surface area (TPSA) is 117 Å². The number of likely N-dealkylation sites (tertiary alicyclic amines) is 1. The summed E-state index contributed by atoms with van der Waals surface area (Å²) < 4.78 is 27.7. The predicted octanol–water partition coefficient (Wildman–Crippen LogP) is 2.91. The van der Waals surface area contributed by atoms with Gasteiger partial charge in [-0.2, -0.15) is 4.31 Å². The second kappa shape index (κ2) is 11.2. The molecule has 2 fully saturated rings. The van der Waals surface area contributed by atoms with E-state index in [1.165, 1.54) is 15.4 Å². The molecule has 10 heteroatoms. The molecule has 3 unspecified atom stereocenters. The zero-order valence-corrected chi connectivity index (χ0v) is 24.1. The second-order valence-corrected chi connectivity index (χ2v) is 13.9. The number of nitrogens with zero attached hydrogens (tertiary/aromatic N) is 3. The van der Waals surface area contributed by atoms with Gasteiger partial charge in [0, 0.05) is 24.5 Å². The smallest absolute Gasteiger partial charge is 0.251 e. The number of benzene rings is 1. The number of aromatic nitrogens is 1. The van der Waals surface area contributed by atoms with Crippen LogP contribution in [0, 0.1) is 5.92 Å². The van der Waals surface area contributed by atoms with Gasteiger partial charge < -0.3 is 10.2 Å². The Kier molecular flexibility index (Phi) is 8.28. The third-order valence-electron chi connectivity index (χ3n) is 7.41. The van der Waals surface area contributed by atoms with Gasteiger partial charge in [0.15, 0.2) is 5.78 Å². The van der Waals surface area contributed by atoms with Crippen molar-refractivity contribution < 1.29 is 22.8 Å². The van der Waals surface area contributed by atoms with Gasteiger partial charge in [0.25, 0.3) is 5.91 Å². The number of hydrogen-bond acceptors (Lipinski definition) is 6. The fourth-order valence-electron chi connectivity index (χ4n) is 5.42. The second-order valence-electron chi connectivity index (χ2n) is 11.9. The Morgan fingerprint density at radius 1 is 1.13 bits per heavy atom. The van der Waals surface area contributed by atoms with Crippen LogP contribution in [-0.4, -0.2) is 71.4 Å². The molecule has 0 aliphatic carbocycles. The summed E-state index contributed by atoms with van der Waals surface area (Å²) in [5, 5.41) is 2.89. The van der Waals surface area contributed by atoms with Crippen molar-refractivity contribution in [2.75, 3.05) is 13.1 Å². The minimum Gasteiger partial charge on any atom is -0.340 e. The molecular weight excluding hydrogens is 516 g/mol. The van der Waals surface area contributed by atoms with Crippen molar-refractivity contribution in [2.45, 2.75) is 76.8 Å². The standard InChI is InChI=1S/C29H38N4O5S/c1-19(2)15-23(31-27(35)21-8-10-22(11-9-21)29(3,4)5)28(36)32-14-12-24-26(32)25(34)17-33(24)39(37,38)18-20-7-6-13-30-16-20/h6-11,13,16,19,23-24,26H,12,14-15,17-18H2,1-5H3,(H,31,35). The van der Waals surface area contributed by atoms with Crippen molar-refractivity contribution in [1.29, 1.82) is 0 Å². The lowest BCUT2D eigenvalue weighted by molar-refractivity contribution is -0.138. The number of amides is 2. The first-order valence-electron chi connectivity index (χ1n) is 13.4. The van der Waals surface area contributed by atoms with Crippen molar-refractivity contribution in [3.8, 4) is 0 Å². The number of carbonyl (C=O) groups is 3. The van der Waals surface area contributed by atoms with Crippen molar-refractivity contribution in [3.05, 3.63) is 65.5 Å². The average Bonchev–Trinajstić information content (AvgIpc) is 3.44. The summed E-state index contributed by atoms with van der Waals surface area (Å²) >= 11 is 0. The molecule has 2 aliphatic heterocycles. The number of pyridine rings is 1. The highest BCUT2D eigenvalue weighted by Crippen LogP contribution is 2.33. The number of carbonyl (C=O) groups excluding carboxylic acids is 3. The molecule has 0 saturated carbocycles. The number of rotatable bonds is 8. The van der Waals surface area contributed by atoms with Crippen LogP contribution >= 0.6 is 0 Å². The van der Waals surface area contributed by atoms with Gasteiger partial charge in [0.05, 0.1) is 18.3 Å². The predicted molar refractivity (Wildman–Crippen MR) is 148 cm³/mol. The molecule has 2 aliphatic rings. The Labute approximate surface area is 231 Å². The number of sulfonamides is 1. The largest absolute Gasteiger partial charge is 0.340 e. The quantitative estimate of drug-likeness (QED) is 0.536. The van der Waals surface area contributed by atoms with Crippen molar-refractivity contribution >= 4 is 27.6 Å². The van der Waals surface area contributed by atoms with E-state index in [9.17, 15) is 22.8 Å². The Hall–Kier alpha value is -3.11.